The van der Waals surface area contributed by atoms with Crippen molar-refractivity contribution in [3.05, 3.63) is 82.9 Å². The van der Waals surface area contributed by atoms with Crippen LogP contribution in [0.5, 0.6) is 0 Å². The Bertz CT molecular complexity index is 1380. The second-order valence-electron chi connectivity index (χ2n) is 7.97. The molecular weight excluding hydrogens is 436 g/mol. The van der Waals surface area contributed by atoms with Crippen LogP contribution in [0.3, 0.4) is 0 Å². The number of amides is 2. The van der Waals surface area contributed by atoms with Gasteiger partial charge in [0.2, 0.25) is 11.8 Å². The lowest BCUT2D eigenvalue weighted by Crippen LogP contribution is -2.32. The first kappa shape index (κ1) is 21.1. The molecule has 0 radical (unpaired) electrons. The molecule has 3 heterocycles. The highest BCUT2D eigenvalue weighted by molar-refractivity contribution is 7.21. The highest BCUT2D eigenvalue weighted by atomic mass is 32.1. The average molecular weight is 459 g/mol. The van der Waals surface area contributed by atoms with Gasteiger partial charge in [0.15, 0.2) is 0 Å². The summed E-state index contributed by atoms with van der Waals surface area (Å²) in [5.41, 5.74) is 2.60. The summed E-state index contributed by atoms with van der Waals surface area (Å²) in [6.07, 6.45) is 2.91. The van der Waals surface area contributed by atoms with E-state index >= 15 is 0 Å². The van der Waals surface area contributed by atoms with Gasteiger partial charge in [-0.1, -0.05) is 42.5 Å². The molecule has 0 atom stereocenters. The molecule has 2 amide bonds. The summed E-state index contributed by atoms with van der Waals surface area (Å²) in [7, 11) is 0. The van der Waals surface area contributed by atoms with Crippen LogP contribution < -0.4 is 15.8 Å². The van der Waals surface area contributed by atoms with Crippen LogP contribution in [0.4, 0.5) is 5.69 Å². The summed E-state index contributed by atoms with van der Waals surface area (Å²) in [4.78, 5) is 45.0. The largest absolute Gasteiger partial charge is 0.350 e. The van der Waals surface area contributed by atoms with E-state index in [1.165, 1.54) is 22.2 Å². The highest BCUT2D eigenvalue weighted by Crippen LogP contribution is 2.30. The van der Waals surface area contributed by atoms with Crippen molar-refractivity contribution >= 4 is 39.1 Å². The monoisotopic (exact) mass is 458 g/mol. The van der Waals surface area contributed by atoms with Crippen molar-refractivity contribution in [1.29, 1.82) is 0 Å². The number of hydrogen-bond donors (Lipinski definition) is 1. The Labute approximate surface area is 194 Å². The van der Waals surface area contributed by atoms with Crippen LogP contribution in [0.15, 0.2) is 71.8 Å². The molecule has 2 aromatic carbocycles. The van der Waals surface area contributed by atoms with Crippen molar-refractivity contribution in [2.24, 2.45) is 0 Å². The standard InChI is InChI=1S/C25H22N4O3S/c30-22(26-14-17-8-10-19(11-9-17)29-12-4-7-23(29)31)15-28-16-27-24-20(25(28)32)13-21(33-24)18-5-2-1-3-6-18/h1-3,5-6,8-11,13,16H,4,7,12,14-15H2,(H,26,30). The van der Waals surface area contributed by atoms with Crippen LogP contribution in [0.2, 0.25) is 0 Å². The summed E-state index contributed by atoms with van der Waals surface area (Å²) in [6, 6.07) is 19.3. The predicted molar refractivity (Wildman–Crippen MR) is 129 cm³/mol. The van der Waals surface area contributed by atoms with E-state index in [-0.39, 0.29) is 23.9 Å². The fourth-order valence-corrected chi connectivity index (χ4v) is 4.94. The minimum atomic E-state index is -0.268. The molecule has 4 aromatic rings. The number of carbonyl (C=O) groups is 2. The van der Waals surface area contributed by atoms with Gasteiger partial charge in [0.1, 0.15) is 11.4 Å². The van der Waals surface area contributed by atoms with Gasteiger partial charge in [-0.15, -0.1) is 11.3 Å². The number of nitrogens with zero attached hydrogens (tertiary/aromatic N) is 3. The Hall–Kier alpha value is -3.78. The van der Waals surface area contributed by atoms with Crippen molar-refractivity contribution < 1.29 is 9.59 Å². The number of anilines is 1. The first-order chi connectivity index (χ1) is 16.1. The molecule has 33 heavy (non-hydrogen) atoms. The normalized spacial score (nSPS) is 13.6. The molecule has 1 N–H and O–H groups in total. The quantitative estimate of drug-likeness (QED) is 0.479. The molecule has 2 aromatic heterocycles. The molecule has 1 saturated heterocycles. The van der Waals surface area contributed by atoms with Crippen LogP contribution in [-0.2, 0) is 22.7 Å². The average Bonchev–Trinajstić information content (AvgIpc) is 3.47. The van der Waals surface area contributed by atoms with Gasteiger partial charge in [-0.2, -0.15) is 0 Å². The minimum absolute atomic E-state index is 0.0986. The number of nitrogens with one attached hydrogen (secondary N) is 1. The van der Waals surface area contributed by atoms with Gasteiger partial charge in [0.25, 0.3) is 5.56 Å². The van der Waals surface area contributed by atoms with Crippen molar-refractivity contribution in [3.8, 4) is 10.4 Å². The van der Waals surface area contributed by atoms with Crippen LogP contribution in [-0.4, -0.2) is 27.9 Å². The van der Waals surface area contributed by atoms with Gasteiger partial charge in [0.05, 0.1) is 11.7 Å². The Morgan fingerprint density at radius 3 is 2.58 bits per heavy atom. The van der Waals surface area contributed by atoms with E-state index in [1.54, 1.807) is 4.90 Å². The molecule has 8 heteroatoms. The first-order valence-corrected chi connectivity index (χ1v) is 11.6. The fraction of sp³-hybridized carbons (Fsp3) is 0.200. The zero-order valence-electron chi connectivity index (χ0n) is 17.9. The summed E-state index contributed by atoms with van der Waals surface area (Å²) >= 11 is 1.46. The number of thiophene rings is 1. The van der Waals surface area contributed by atoms with E-state index in [4.69, 9.17) is 0 Å². The van der Waals surface area contributed by atoms with Crippen LogP contribution in [0.25, 0.3) is 20.7 Å². The number of carbonyl (C=O) groups excluding carboxylic acids is 2. The van der Waals surface area contributed by atoms with Crippen LogP contribution >= 0.6 is 11.3 Å². The van der Waals surface area contributed by atoms with Crippen molar-refractivity contribution in [2.75, 3.05) is 11.4 Å². The maximum atomic E-state index is 12.9. The van der Waals surface area contributed by atoms with Crippen molar-refractivity contribution in [2.45, 2.75) is 25.9 Å². The maximum absolute atomic E-state index is 12.9. The smallest absolute Gasteiger partial charge is 0.262 e. The third-order valence-corrected chi connectivity index (χ3v) is 6.79. The molecule has 5 rings (SSSR count). The van der Waals surface area contributed by atoms with E-state index in [0.717, 1.165) is 34.7 Å². The predicted octanol–water partition coefficient (Wildman–Crippen LogP) is 3.57. The molecule has 0 unspecified atom stereocenters. The Balaban J connectivity index is 1.24. The SMILES string of the molecule is O=C(Cn1cnc2sc(-c3ccccc3)cc2c1=O)NCc1ccc(N2CCCC2=O)cc1. The van der Waals surface area contributed by atoms with E-state index in [9.17, 15) is 14.4 Å². The van der Waals surface area contributed by atoms with E-state index in [0.29, 0.717) is 23.2 Å². The lowest BCUT2D eigenvalue weighted by molar-refractivity contribution is -0.122. The Morgan fingerprint density at radius 2 is 1.85 bits per heavy atom. The van der Waals surface area contributed by atoms with Gasteiger partial charge in [-0.3, -0.25) is 19.0 Å². The van der Waals surface area contributed by atoms with Crippen molar-refractivity contribution in [1.82, 2.24) is 14.9 Å². The van der Waals surface area contributed by atoms with Crippen LogP contribution in [0, 0.1) is 0 Å². The van der Waals surface area contributed by atoms with Gasteiger partial charge >= 0.3 is 0 Å². The summed E-state index contributed by atoms with van der Waals surface area (Å²) in [5, 5.41) is 3.36. The molecule has 0 bridgehead atoms. The first-order valence-electron chi connectivity index (χ1n) is 10.8. The van der Waals surface area contributed by atoms with E-state index < -0.39 is 0 Å². The lowest BCUT2D eigenvalue weighted by Gasteiger charge is -2.16. The number of hydrogen-bond acceptors (Lipinski definition) is 5. The summed E-state index contributed by atoms with van der Waals surface area (Å²) < 4.78 is 1.33. The third kappa shape index (κ3) is 4.42. The number of rotatable bonds is 6. The third-order valence-electron chi connectivity index (χ3n) is 5.70. The second-order valence-corrected chi connectivity index (χ2v) is 9.00. The molecule has 7 nitrogen and oxygen atoms in total. The highest BCUT2D eigenvalue weighted by Gasteiger charge is 2.21. The molecule has 0 saturated carbocycles. The fourth-order valence-electron chi connectivity index (χ4n) is 3.94. The van der Waals surface area contributed by atoms with Gasteiger partial charge in [-0.05, 0) is 35.7 Å². The Kier molecular flexibility index (Phi) is 5.75. The molecular formula is C25H22N4O3S. The molecule has 1 fully saturated rings. The number of benzene rings is 2. The zero-order chi connectivity index (χ0) is 22.8. The summed E-state index contributed by atoms with van der Waals surface area (Å²) in [6.45, 7) is 0.992. The lowest BCUT2D eigenvalue weighted by atomic mass is 10.2. The van der Waals surface area contributed by atoms with Gasteiger partial charge < -0.3 is 10.2 Å². The van der Waals surface area contributed by atoms with Gasteiger partial charge in [-0.25, -0.2) is 4.98 Å². The van der Waals surface area contributed by atoms with Crippen LogP contribution in [0.1, 0.15) is 18.4 Å². The Morgan fingerprint density at radius 1 is 1.06 bits per heavy atom. The maximum Gasteiger partial charge on any atom is 0.262 e. The summed E-state index contributed by atoms with van der Waals surface area (Å²) in [5.74, 6) is -0.121. The molecule has 0 aliphatic carbocycles. The molecule has 0 spiro atoms. The number of aromatic nitrogens is 2. The molecule has 1 aliphatic heterocycles. The topological polar surface area (TPSA) is 84.3 Å². The molecule has 166 valence electrons. The number of fused-ring (bicyclic) bond motifs is 1. The van der Waals surface area contributed by atoms with Gasteiger partial charge in [0, 0.05) is 30.1 Å². The van der Waals surface area contributed by atoms with Crippen molar-refractivity contribution in [3.63, 3.8) is 0 Å². The second kappa shape index (κ2) is 8.99. The van der Waals surface area contributed by atoms with E-state index in [1.807, 2.05) is 60.7 Å². The molecule has 1 aliphatic rings. The minimum Gasteiger partial charge on any atom is -0.350 e. The van der Waals surface area contributed by atoms with E-state index in [2.05, 4.69) is 10.3 Å². The zero-order valence-corrected chi connectivity index (χ0v) is 18.7.